The first-order chi connectivity index (χ1) is 9.01. The van der Waals surface area contributed by atoms with Gasteiger partial charge in [0.2, 0.25) is 0 Å². The highest BCUT2D eigenvalue weighted by molar-refractivity contribution is 6.21. The second-order valence-corrected chi connectivity index (χ2v) is 5.94. The van der Waals surface area contributed by atoms with Crippen LogP contribution in [0.1, 0.15) is 41.5 Å². The molecule has 1 amide bonds. The lowest BCUT2D eigenvalue weighted by atomic mass is 9.84. The largest absolute Gasteiger partial charge is 0.341 e. The summed E-state index contributed by atoms with van der Waals surface area (Å²) in [7, 11) is 1.85. The van der Waals surface area contributed by atoms with Gasteiger partial charge < -0.3 is 4.90 Å². The van der Waals surface area contributed by atoms with Crippen LogP contribution in [0, 0.1) is 12.8 Å². The standard InChI is InChI=1S/C14H20ClN3O/c1-4-13-12(5-9(2)16-17-13)14(19)18(3)8-10-6-11(15)7-10/h5,10-11H,4,6-8H2,1-3H3. The van der Waals surface area contributed by atoms with Crippen molar-refractivity contribution in [2.24, 2.45) is 5.92 Å². The Hall–Kier alpha value is -1.16. The highest BCUT2D eigenvalue weighted by Crippen LogP contribution is 2.32. The second-order valence-electron chi connectivity index (χ2n) is 5.32. The molecule has 1 saturated carbocycles. The van der Waals surface area contributed by atoms with Crippen molar-refractivity contribution in [2.45, 2.75) is 38.5 Å². The molecule has 0 aliphatic heterocycles. The quantitative estimate of drug-likeness (QED) is 0.797. The first kappa shape index (κ1) is 14.3. The number of carbonyl (C=O) groups excluding carboxylic acids is 1. The predicted molar refractivity (Wildman–Crippen MR) is 75.5 cm³/mol. The molecule has 4 nitrogen and oxygen atoms in total. The van der Waals surface area contributed by atoms with Gasteiger partial charge in [-0.15, -0.1) is 11.6 Å². The normalized spacial score (nSPS) is 21.9. The van der Waals surface area contributed by atoms with Gasteiger partial charge in [-0.25, -0.2) is 0 Å². The van der Waals surface area contributed by atoms with Gasteiger partial charge in [0.05, 0.1) is 17.0 Å². The van der Waals surface area contributed by atoms with Gasteiger partial charge in [0, 0.05) is 19.0 Å². The molecule has 2 rings (SSSR count). The summed E-state index contributed by atoms with van der Waals surface area (Å²) < 4.78 is 0. The average Bonchev–Trinajstić information content (AvgIpc) is 2.35. The molecule has 0 atom stereocenters. The molecule has 0 spiro atoms. The van der Waals surface area contributed by atoms with Crippen LogP contribution in [0.25, 0.3) is 0 Å². The fraction of sp³-hybridized carbons (Fsp3) is 0.643. The van der Waals surface area contributed by atoms with E-state index in [1.807, 2.05) is 27.0 Å². The smallest absolute Gasteiger partial charge is 0.255 e. The fourth-order valence-electron chi connectivity index (χ4n) is 2.44. The molecule has 19 heavy (non-hydrogen) atoms. The first-order valence-electron chi connectivity index (χ1n) is 6.74. The third-order valence-electron chi connectivity index (χ3n) is 3.61. The summed E-state index contributed by atoms with van der Waals surface area (Å²) in [6, 6.07) is 1.83. The zero-order chi connectivity index (χ0) is 14.0. The molecule has 0 radical (unpaired) electrons. The maximum Gasteiger partial charge on any atom is 0.255 e. The number of hydrogen-bond donors (Lipinski definition) is 0. The van der Waals surface area contributed by atoms with E-state index < -0.39 is 0 Å². The van der Waals surface area contributed by atoms with Crippen LogP contribution in [0.4, 0.5) is 0 Å². The van der Waals surface area contributed by atoms with E-state index in [1.54, 1.807) is 4.90 Å². The fourth-order valence-corrected chi connectivity index (χ4v) is 2.94. The SMILES string of the molecule is CCc1nnc(C)cc1C(=O)N(C)CC1CC(Cl)C1. The Kier molecular flexibility index (Phi) is 4.40. The number of aromatic nitrogens is 2. The Labute approximate surface area is 119 Å². The van der Waals surface area contributed by atoms with Gasteiger partial charge >= 0.3 is 0 Å². The third-order valence-corrected chi connectivity index (χ3v) is 3.97. The lowest BCUT2D eigenvalue weighted by molar-refractivity contribution is 0.0745. The number of rotatable bonds is 4. The zero-order valence-electron chi connectivity index (χ0n) is 11.7. The molecule has 1 fully saturated rings. The van der Waals surface area contributed by atoms with Crippen molar-refractivity contribution >= 4 is 17.5 Å². The van der Waals surface area contributed by atoms with Crippen molar-refractivity contribution in [1.82, 2.24) is 15.1 Å². The van der Waals surface area contributed by atoms with Crippen molar-refractivity contribution in [2.75, 3.05) is 13.6 Å². The summed E-state index contributed by atoms with van der Waals surface area (Å²) in [5, 5.41) is 8.42. The topological polar surface area (TPSA) is 46.1 Å². The molecule has 1 aliphatic carbocycles. The molecular weight excluding hydrogens is 262 g/mol. The monoisotopic (exact) mass is 281 g/mol. The maximum atomic E-state index is 12.5. The van der Waals surface area contributed by atoms with Crippen LogP contribution in [0.2, 0.25) is 0 Å². The van der Waals surface area contributed by atoms with Gasteiger partial charge in [0.25, 0.3) is 5.91 Å². The number of nitrogens with zero attached hydrogens (tertiary/aromatic N) is 3. The number of hydrogen-bond acceptors (Lipinski definition) is 3. The van der Waals surface area contributed by atoms with Crippen molar-refractivity contribution in [3.63, 3.8) is 0 Å². The van der Waals surface area contributed by atoms with E-state index >= 15 is 0 Å². The molecule has 5 heteroatoms. The number of amides is 1. The molecule has 1 aromatic heterocycles. The minimum atomic E-state index is 0.0351. The molecular formula is C14H20ClN3O. The van der Waals surface area contributed by atoms with Gasteiger partial charge in [-0.3, -0.25) is 4.79 Å². The van der Waals surface area contributed by atoms with Crippen molar-refractivity contribution in [1.29, 1.82) is 0 Å². The van der Waals surface area contributed by atoms with Crippen molar-refractivity contribution in [3.05, 3.63) is 23.0 Å². The molecule has 1 aliphatic rings. The van der Waals surface area contributed by atoms with Crippen LogP contribution in [0.3, 0.4) is 0 Å². The van der Waals surface area contributed by atoms with Gasteiger partial charge in [0.15, 0.2) is 0 Å². The van der Waals surface area contributed by atoms with Crippen LogP contribution in [-0.2, 0) is 6.42 Å². The third kappa shape index (κ3) is 3.24. The summed E-state index contributed by atoms with van der Waals surface area (Å²) in [5.41, 5.74) is 2.23. The summed E-state index contributed by atoms with van der Waals surface area (Å²) >= 11 is 5.97. The zero-order valence-corrected chi connectivity index (χ0v) is 12.4. The van der Waals surface area contributed by atoms with Gasteiger partial charge in [-0.2, -0.15) is 10.2 Å². The molecule has 1 aromatic rings. The summed E-state index contributed by atoms with van der Waals surface area (Å²) in [6.45, 7) is 4.61. The highest BCUT2D eigenvalue weighted by Gasteiger charge is 2.29. The van der Waals surface area contributed by atoms with Crippen LogP contribution in [-0.4, -0.2) is 40.0 Å². The lowest BCUT2D eigenvalue weighted by Gasteiger charge is -2.34. The Morgan fingerprint density at radius 1 is 1.47 bits per heavy atom. The number of carbonyl (C=O) groups is 1. The Morgan fingerprint density at radius 3 is 2.74 bits per heavy atom. The number of alkyl halides is 1. The van der Waals surface area contributed by atoms with Gasteiger partial charge in [-0.05, 0) is 38.2 Å². The molecule has 0 aromatic carbocycles. The van der Waals surface area contributed by atoms with Crippen molar-refractivity contribution < 1.29 is 4.79 Å². The Morgan fingerprint density at radius 2 is 2.16 bits per heavy atom. The molecule has 1 heterocycles. The van der Waals surface area contributed by atoms with E-state index in [9.17, 15) is 4.79 Å². The minimum absolute atomic E-state index is 0.0351. The van der Waals surface area contributed by atoms with E-state index in [-0.39, 0.29) is 5.91 Å². The van der Waals surface area contributed by atoms with Gasteiger partial charge in [-0.1, -0.05) is 6.92 Å². The minimum Gasteiger partial charge on any atom is -0.341 e. The molecule has 0 unspecified atom stereocenters. The first-order valence-corrected chi connectivity index (χ1v) is 7.17. The van der Waals surface area contributed by atoms with E-state index in [0.29, 0.717) is 16.9 Å². The predicted octanol–water partition coefficient (Wildman–Crippen LogP) is 2.44. The summed E-state index contributed by atoms with van der Waals surface area (Å²) in [6.07, 6.45) is 2.73. The Balaban J connectivity index is 2.07. The molecule has 0 saturated heterocycles. The van der Waals surface area contributed by atoms with Gasteiger partial charge in [0.1, 0.15) is 0 Å². The van der Waals surface area contributed by atoms with Crippen LogP contribution in [0.5, 0.6) is 0 Å². The van der Waals surface area contributed by atoms with Crippen molar-refractivity contribution in [3.8, 4) is 0 Å². The summed E-state index contributed by atoms with van der Waals surface area (Å²) in [4.78, 5) is 14.2. The van der Waals surface area contributed by atoms with E-state index in [2.05, 4.69) is 10.2 Å². The molecule has 104 valence electrons. The number of halogens is 1. The summed E-state index contributed by atoms with van der Waals surface area (Å²) in [5.74, 6) is 0.574. The number of aryl methyl sites for hydroxylation is 2. The highest BCUT2D eigenvalue weighted by atomic mass is 35.5. The van der Waals surface area contributed by atoms with E-state index in [0.717, 1.165) is 37.2 Å². The van der Waals surface area contributed by atoms with Crippen LogP contribution < -0.4 is 0 Å². The second kappa shape index (κ2) is 5.87. The van der Waals surface area contributed by atoms with E-state index in [1.165, 1.54) is 0 Å². The lowest BCUT2D eigenvalue weighted by Crippen LogP contribution is -2.38. The van der Waals surface area contributed by atoms with E-state index in [4.69, 9.17) is 11.6 Å². The Bertz CT molecular complexity index is 472. The average molecular weight is 282 g/mol. The molecule has 0 N–H and O–H groups in total. The van der Waals surface area contributed by atoms with Crippen LogP contribution >= 0.6 is 11.6 Å². The maximum absolute atomic E-state index is 12.5. The molecule has 0 bridgehead atoms. The van der Waals surface area contributed by atoms with Crippen LogP contribution in [0.15, 0.2) is 6.07 Å².